The molecular weight excluding hydrogens is 299 g/mol. The Kier molecular flexibility index (Phi) is 3.97. The molecule has 0 spiro atoms. The summed E-state index contributed by atoms with van der Waals surface area (Å²) in [5.41, 5.74) is 1.76. The quantitative estimate of drug-likeness (QED) is 0.744. The molecule has 118 valence electrons. The van der Waals surface area contributed by atoms with E-state index >= 15 is 0 Å². The zero-order valence-electron chi connectivity index (χ0n) is 12.5. The van der Waals surface area contributed by atoms with Crippen LogP contribution in [0.1, 0.15) is 6.42 Å². The van der Waals surface area contributed by atoms with Gasteiger partial charge in [-0.05, 0) is 36.4 Å². The van der Waals surface area contributed by atoms with Gasteiger partial charge in [0.1, 0.15) is 5.82 Å². The summed E-state index contributed by atoms with van der Waals surface area (Å²) < 4.78 is 19.5. The van der Waals surface area contributed by atoms with E-state index in [-0.39, 0.29) is 24.7 Å². The van der Waals surface area contributed by atoms with Gasteiger partial charge >= 0.3 is 5.76 Å². The summed E-state index contributed by atoms with van der Waals surface area (Å²) in [6, 6.07) is 12.7. The van der Waals surface area contributed by atoms with Crippen LogP contribution in [-0.4, -0.2) is 17.5 Å². The molecule has 0 radical (unpaired) electrons. The number of aromatic nitrogens is 1. The highest BCUT2D eigenvalue weighted by Crippen LogP contribution is 2.15. The molecule has 0 saturated heterocycles. The molecule has 0 atom stereocenters. The van der Waals surface area contributed by atoms with Crippen molar-refractivity contribution < 1.29 is 13.6 Å². The van der Waals surface area contributed by atoms with Crippen molar-refractivity contribution in [2.75, 3.05) is 11.9 Å². The number of hydrogen-bond donors (Lipinski definition) is 0. The highest BCUT2D eigenvalue weighted by molar-refractivity contribution is 5.92. The van der Waals surface area contributed by atoms with Crippen LogP contribution < -0.4 is 10.7 Å². The second-order valence-electron chi connectivity index (χ2n) is 5.17. The zero-order valence-corrected chi connectivity index (χ0v) is 12.5. The van der Waals surface area contributed by atoms with Gasteiger partial charge in [-0.3, -0.25) is 9.36 Å². The van der Waals surface area contributed by atoms with Crippen molar-refractivity contribution in [2.24, 2.45) is 0 Å². The van der Waals surface area contributed by atoms with E-state index in [0.29, 0.717) is 16.8 Å². The van der Waals surface area contributed by atoms with E-state index in [4.69, 9.17) is 4.42 Å². The monoisotopic (exact) mass is 314 g/mol. The summed E-state index contributed by atoms with van der Waals surface area (Å²) in [4.78, 5) is 25.6. The summed E-state index contributed by atoms with van der Waals surface area (Å²) in [6.07, 6.45) is 0.136. The molecule has 1 aromatic heterocycles. The first-order valence-corrected chi connectivity index (χ1v) is 7.17. The van der Waals surface area contributed by atoms with Gasteiger partial charge in [-0.2, -0.15) is 0 Å². The molecule has 0 fully saturated rings. The first-order chi connectivity index (χ1) is 11.1. The number of aryl methyl sites for hydroxylation is 1. The molecule has 5 nitrogen and oxygen atoms in total. The number of hydrogen-bond acceptors (Lipinski definition) is 3. The van der Waals surface area contributed by atoms with Gasteiger partial charge in [-0.15, -0.1) is 0 Å². The highest BCUT2D eigenvalue weighted by atomic mass is 19.1. The molecule has 0 bridgehead atoms. The van der Waals surface area contributed by atoms with Crippen LogP contribution in [0.5, 0.6) is 0 Å². The van der Waals surface area contributed by atoms with E-state index in [2.05, 4.69) is 0 Å². The minimum Gasteiger partial charge on any atom is -0.408 e. The average molecular weight is 314 g/mol. The topological polar surface area (TPSA) is 55.5 Å². The van der Waals surface area contributed by atoms with Gasteiger partial charge in [0, 0.05) is 25.7 Å². The molecule has 1 heterocycles. The molecule has 23 heavy (non-hydrogen) atoms. The third-order valence-corrected chi connectivity index (χ3v) is 3.71. The van der Waals surface area contributed by atoms with Crippen LogP contribution in [-0.2, 0) is 11.3 Å². The van der Waals surface area contributed by atoms with Crippen LogP contribution in [0.2, 0.25) is 0 Å². The third-order valence-electron chi connectivity index (χ3n) is 3.71. The van der Waals surface area contributed by atoms with E-state index in [1.165, 1.54) is 33.7 Å². The van der Waals surface area contributed by atoms with Crippen molar-refractivity contribution in [3.63, 3.8) is 0 Å². The van der Waals surface area contributed by atoms with Crippen LogP contribution in [0, 0.1) is 5.82 Å². The fourth-order valence-corrected chi connectivity index (χ4v) is 2.41. The van der Waals surface area contributed by atoms with Gasteiger partial charge in [0.05, 0.1) is 5.52 Å². The van der Waals surface area contributed by atoms with Gasteiger partial charge in [0.25, 0.3) is 0 Å². The average Bonchev–Trinajstić information content (AvgIpc) is 2.88. The van der Waals surface area contributed by atoms with E-state index in [1.54, 1.807) is 31.3 Å². The standard InChI is InChI=1S/C17H15FN2O3/c1-19(13-8-6-12(18)7-9-13)16(21)10-11-20-14-4-2-3-5-15(14)23-17(20)22/h2-9H,10-11H2,1H3. The molecular formula is C17H15FN2O3. The lowest BCUT2D eigenvalue weighted by Crippen LogP contribution is -2.28. The fourth-order valence-electron chi connectivity index (χ4n) is 2.41. The van der Waals surface area contributed by atoms with Gasteiger partial charge < -0.3 is 9.32 Å². The van der Waals surface area contributed by atoms with Crippen molar-refractivity contribution >= 4 is 22.7 Å². The SMILES string of the molecule is CN(C(=O)CCn1c(=O)oc2ccccc21)c1ccc(F)cc1. The largest absolute Gasteiger partial charge is 0.419 e. The number of nitrogens with zero attached hydrogens (tertiary/aromatic N) is 2. The first-order valence-electron chi connectivity index (χ1n) is 7.17. The molecule has 0 aliphatic heterocycles. The van der Waals surface area contributed by atoms with Crippen molar-refractivity contribution in [3.05, 3.63) is 64.9 Å². The lowest BCUT2D eigenvalue weighted by Gasteiger charge is -2.17. The van der Waals surface area contributed by atoms with E-state index in [1.807, 2.05) is 0 Å². The van der Waals surface area contributed by atoms with Crippen LogP contribution in [0.25, 0.3) is 11.1 Å². The maximum Gasteiger partial charge on any atom is 0.419 e. The fraction of sp³-hybridized carbons (Fsp3) is 0.176. The Morgan fingerprint density at radius 1 is 1.17 bits per heavy atom. The number of carbonyl (C=O) groups is 1. The minimum absolute atomic E-state index is 0.136. The molecule has 0 unspecified atom stereocenters. The molecule has 0 N–H and O–H groups in total. The summed E-state index contributed by atoms with van der Waals surface area (Å²) in [5, 5.41) is 0. The van der Waals surface area contributed by atoms with Gasteiger partial charge in [0.15, 0.2) is 5.58 Å². The van der Waals surface area contributed by atoms with Gasteiger partial charge in [0.2, 0.25) is 5.91 Å². The molecule has 2 aromatic carbocycles. The Morgan fingerprint density at radius 2 is 1.87 bits per heavy atom. The van der Waals surface area contributed by atoms with Crippen LogP contribution in [0.15, 0.2) is 57.7 Å². The summed E-state index contributed by atoms with van der Waals surface area (Å²) >= 11 is 0. The molecule has 6 heteroatoms. The van der Waals surface area contributed by atoms with E-state index in [9.17, 15) is 14.0 Å². The maximum atomic E-state index is 12.9. The maximum absolute atomic E-state index is 12.9. The summed E-state index contributed by atoms with van der Waals surface area (Å²) in [7, 11) is 1.62. The lowest BCUT2D eigenvalue weighted by molar-refractivity contribution is -0.118. The van der Waals surface area contributed by atoms with Crippen LogP contribution in [0.3, 0.4) is 0 Å². The molecule has 0 saturated carbocycles. The molecule has 3 rings (SSSR count). The Balaban J connectivity index is 1.74. The molecule has 1 amide bonds. The smallest absolute Gasteiger partial charge is 0.408 e. The number of benzene rings is 2. The second-order valence-corrected chi connectivity index (χ2v) is 5.17. The van der Waals surface area contributed by atoms with Crippen molar-refractivity contribution in [1.29, 1.82) is 0 Å². The van der Waals surface area contributed by atoms with Crippen molar-refractivity contribution in [3.8, 4) is 0 Å². The van der Waals surface area contributed by atoms with Crippen LogP contribution in [0.4, 0.5) is 10.1 Å². The molecule has 0 aliphatic carbocycles. The van der Waals surface area contributed by atoms with Gasteiger partial charge in [-0.25, -0.2) is 9.18 Å². The summed E-state index contributed by atoms with van der Waals surface area (Å²) in [5.74, 6) is -1.01. The number of amides is 1. The number of para-hydroxylation sites is 2. The van der Waals surface area contributed by atoms with Crippen molar-refractivity contribution in [2.45, 2.75) is 13.0 Å². The number of anilines is 1. The predicted octanol–water partition coefficient (Wildman–Crippen LogP) is 2.79. The molecule has 3 aromatic rings. The Hall–Kier alpha value is -2.89. The Bertz CT molecular complexity index is 896. The third kappa shape index (κ3) is 3.01. The number of rotatable bonds is 4. The van der Waals surface area contributed by atoms with Crippen LogP contribution >= 0.6 is 0 Å². The number of oxazole rings is 1. The summed E-state index contributed by atoms with van der Waals surface area (Å²) in [6.45, 7) is 0.222. The van der Waals surface area contributed by atoms with Crippen molar-refractivity contribution in [1.82, 2.24) is 4.57 Å². The number of carbonyl (C=O) groups excluding carboxylic acids is 1. The minimum atomic E-state index is -0.483. The Morgan fingerprint density at radius 3 is 2.61 bits per heavy atom. The lowest BCUT2D eigenvalue weighted by atomic mass is 10.2. The number of halogens is 1. The number of fused-ring (bicyclic) bond motifs is 1. The van der Waals surface area contributed by atoms with E-state index in [0.717, 1.165) is 0 Å². The Labute approximate surface area is 131 Å². The van der Waals surface area contributed by atoms with Gasteiger partial charge in [-0.1, -0.05) is 12.1 Å². The second kappa shape index (κ2) is 6.08. The highest BCUT2D eigenvalue weighted by Gasteiger charge is 2.14. The predicted molar refractivity (Wildman–Crippen MR) is 84.9 cm³/mol. The normalized spacial score (nSPS) is 10.9. The zero-order chi connectivity index (χ0) is 16.4. The first kappa shape index (κ1) is 15.0. The van der Waals surface area contributed by atoms with E-state index < -0.39 is 5.76 Å². The molecule has 0 aliphatic rings.